The van der Waals surface area contributed by atoms with Gasteiger partial charge in [-0.25, -0.2) is 0 Å². The second kappa shape index (κ2) is 2.19. The second-order valence-electron chi connectivity index (χ2n) is 3.68. The fourth-order valence-corrected chi connectivity index (χ4v) is 0.988. The summed E-state index contributed by atoms with van der Waals surface area (Å²) in [5.41, 5.74) is -1.07. The van der Waals surface area contributed by atoms with Gasteiger partial charge < -0.3 is 15.5 Å². The highest BCUT2D eigenvalue weighted by atomic mass is 16.3. The predicted octanol–water partition coefficient (Wildman–Crippen LogP) is -0.661. The molecule has 3 nitrogen and oxygen atoms in total. The van der Waals surface area contributed by atoms with Gasteiger partial charge in [0.05, 0.1) is 12.2 Å². The summed E-state index contributed by atoms with van der Waals surface area (Å²) in [7, 11) is 0. The van der Waals surface area contributed by atoms with Gasteiger partial charge in [0.25, 0.3) is 0 Å². The molecule has 1 heterocycles. The Balaban J connectivity index is 2.61. The van der Waals surface area contributed by atoms with Gasteiger partial charge in [-0.15, -0.1) is 0 Å². The third-order valence-electron chi connectivity index (χ3n) is 2.49. The molecule has 1 fully saturated rings. The molecule has 60 valence electrons. The van der Waals surface area contributed by atoms with Crippen molar-refractivity contribution >= 4 is 0 Å². The maximum atomic E-state index is 9.72. The zero-order chi connectivity index (χ0) is 7.83. The van der Waals surface area contributed by atoms with E-state index >= 15 is 0 Å². The monoisotopic (exact) mass is 145 g/mol. The minimum Gasteiger partial charge on any atom is -0.396 e. The van der Waals surface area contributed by atoms with E-state index in [4.69, 9.17) is 5.11 Å². The average Bonchev–Trinajstić information content (AvgIpc) is 1.82. The molecule has 0 aromatic heterocycles. The van der Waals surface area contributed by atoms with E-state index in [0.717, 1.165) is 0 Å². The summed E-state index contributed by atoms with van der Waals surface area (Å²) >= 11 is 0. The molecule has 0 aromatic carbocycles. The van der Waals surface area contributed by atoms with Crippen molar-refractivity contribution in [2.75, 3.05) is 19.7 Å². The van der Waals surface area contributed by atoms with E-state index < -0.39 is 5.60 Å². The molecule has 0 aromatic rings. The molecule has 0 atom stereocenters. The van der Waals surface area contributed by atoms with Crippen LogP contribution in [0.15, 0.2) is 0 Å². The van der Waals surface area contributed by atoms with Crippen LogP contribution in [-0.4, -0.2) is 35.5 Å². The molecule has 0 bridgehead atoms. The first-order chi connectivity index (χ1) is 4.52. The van der Waals surface area contributed by atoms with Crippen molar-refractivity contribution in [2.24, 2.45) is 5.41 Å². The number of aliphatic hydroxyl groups excluding tert-OH is 1. The average molecular weight is 145 g/mol. The highest BCUT2D eigenvalue weighted by Crippen LogP contribution is 2.33. The first-order valence-electron chi connectivity index (χ1n) is 3.56. The molecule has 0 spiro atoms. The lowest BCUT2D eigenvalue weighted by molar-refractivity contribution is -0.122. The quantitative estimate of drug-likeness (QED) is 0.483. The molecule has 0 amide bonds. The molecule has 0 radical (unpaired) electrons. The van der Waals surface area contributed by atoms with Crippen LogP contribution in [0.3, 0.4) is 0 Å². The molecule has 0 saturated carbocycles. The summed E-state index contributed by atoms with van der Waals surface area (Å²) in [4.78, 5) is 0. The normalized spacial score (nSPS) is 24.0. The van der Waals surface area contributed by atoms with Gasteiger partial charge >= 0.3 is 0 Å². The van der Waals surface area contributed by atoms with Gasteiger partial charge in [-0.2, -0.15) is 0 Å². The Morgan fingerprint density at radius 3 is 2.10 bits per heavy atom. The summed E-state index contributed by atoms with van der Waals surface area (Å²) in [5.74, 6) is 0. The Bertz CT molecular complexity index is 120. The fourth-order valence-electron chi connectivity index (χ4n) is 0.988. The molecular weight excluding hydrogens is 130 g/mol. The molecule has 1 aliphatic heterocycles. The number of hydrogen-bond donors (Lipinski definition) is 3. The zero-order valence-electron chi connectivity index (χ0n) is 6.52. The highest BCUT2D eigenvalue weighted by molar-refractivity contribution is 5.02. The Morgan fingerprint density at radius 2 is 2.00 bits per heavy atom. The second-order valence-corrected chi connectivity index (χ2v) is 3.68. The van der Waals surface area contributed by atoms with Crippen LogP contribution >= 0.6 is 0 Å². The summed E-state index contributed by atoms with van der Waals surface area (Å²) < 4.78 is 0. The Labute approximate surface area is 61.1 Å². The van der Waals surface area contributed by atoms with Crippen molar-refractivity contribution in [3.63, 3.8) is 0 Å². The van der Waals surface area contributed by atoms with Crippen molar-refractivity contribution in [3.8, 4) is 0 Å². The van der Waals surface area contributed by atoms with E-state index in [2.05, 4.69) is 5.32 Å². The fraction of sp³-hybridized carbons (Fsp3) is 1.00. The first-order valence-corrected chi connectivity index (χ1v) is 3.56. The number of hydrogen-bond acceptors (Lipinski definition) is 3. The van der Waals surface area contributed by atoms with E-state index in [9.17, 15) is 5.11 Å². The van der Waals surface area contributed by atoms with Gasteiger partial charge in [-0.05, 0) is 0 Å². The van der Waals surface area contributed by atoms with Crippen molar-refractivity contribution in [2.45, 2.75) is 19.4 Å². The van der Waals surface area contributed by atoms with Crippen molar-refractivity contribution in [1.82, 2.24) is 5.32 Å². The Hall–Kier alpha value is -0.120. The van der Waals surface area contributed by atoms with Crippen LogP contribution < -0.4 is 5.32 Å². The van der Waals surface area contributed by atoms with Gasteiger partial charge in [-0.1, -0.05) is 13.8 Å². The van der Waals surface area contributed by atoms with Crippen molar-refractivity contribution in [1.29, 1.82) is 0 Å². The molecule has 1 rings (SSSR count). The Kier molecular flexibility index (Phi) is 1.75. The van der Waals surface area contributed by atoms with Gasteiger partial charge in [0.15, 0.2) is 0 Å². The van der Waals surface area contributed by atoms with Gasteiger partial charge in [0.1, 0.15) is 0 Å². The molecular formula is C7H15NO2. The summed E-state index contributed by atoms with van der Waals surface area (Å²) in [6.45, 7) is 4.97. The van der Waals surface area contributed by atoms with Crippen molar-refractivity contribution in [3.05, 3.63) is 0 Å². The van der Waals surface area contributed by atoms with E-state index in [1.165, 1.54) is 0 Å². The molecule has 1 aliphatic rings. The lowest BCUT2D eigenvalue weighted by Crippen LogP contribution is -2.67. The number of rotatable bonds is 2. The summed E-state index contributed by atoms with van der Waals surface area (Å²) in [6.07, 6.45) is 0. The largest absolute Gasteiger partial charge is 0.396 e. The predicted molar refractivity (Wildman–Crippen MR) is 38.7 cm³/mol. The molecule has 0 unspecified atom stereocenters. The minimum atomic E-state index is -0.693. The van der Waals surface area contributed by atoms with E-state index in [-0.39, 0.29) is 12.0 Å². The number of aliphatic hydroxyl groups is 2. The molecule has 0 aliphatic carbocycles. The molecule has 1 saturated heterocycles. The van der Waals surface area contributed by atoms with E-state index in [1.54, 1.807) is 0 Å². The number of β-amino-alcohol motifs (C(OH)–C–C–N with tert-alkyl or cyclic N) is 1. The van der Waals surface area contributed by atoms with Crippen LogP contribution in [0.5, 0.6) is 0 Å². The molecule has 3 heteroatoms. The third-order valence-corrected chi connectivity index (χ3v) is 2.49. The van der Waals surface area contributed by atoms with E-state index in [1.807, 2.05) is 13.8 Å². The van der Waals surface area contributed by atoms with Gasteiger partial charge in [-0.3, -0.25) is 0 Å². The summed E-state index contributed by atoms with van der Waals surface area (Å²) in [5, 5.41) is 21.6. The number of nitrogens with one attached hydrogen (secondary N) is 1. The van der Waals surface area contributed by atoms with E-state index in [0.29, 0.717) is 13.1 Å². The summed E-state index contributed by atoms with van der Waals surface area (Å²) in [6, 6.07) is 0. The van der Waals surface area contributed by atoms with Crippen molar-refractivity contribution < 1.29 is 10.2 Å². The van der Waals surface area contributed by atoms with Crippen LogP contribution in [0.1, 0.15) is 13.8 Å². The molecule has 3 N–H and O–H groups in total. The van der Waals surface area contributed by atoms with Crippen LogP contribution in [0.25, 0.3) is 0 Å². The van der Waals surface area contributed by atoms with Crippen LogP contribution in [0.2, 0.25) is 0 Å². The maximum absolute atomic E-state index is 9.72. The van der Waals surface area contributed by atoms with Crippen LogP contribution in [0, 0.1) is 5.41 Å². The SMILES string of the molecule is CC(C)(CO)C1(O)CNC1. The highest BCUT2D eigenvalue weighted by Gasteiger charge is 2.47. The topological polar surface area (TPSA) is 52.5 Å². The lowest BCUT2D eigenvalue weighted by Gasteiger charge is -2.48. The van der Waals surface area contributed by atoms with Crippen LogP contribution in [-0.2, 0) is 0 Å². The third kappa shape index (κ3) is 0.944. The smallest absolute Gasteiger partial charge is 0.0967 e. The van der Waals surface area contributed by atoms with Gasteiger partial charge in [0.2, 0.25) is 0 Å². The van der Waals surface area contributed by atoms with Gasteiger partial charge in [0, 0.05) is 18.5 Å². The minimum absolute atomic E-state index is 0.0329. The lowest BCUT2D eigenvalue weighted by atomic mass is 9.72. The maximum Gasteiger partial charge on any atom is 0.0967 e. The standard InChI is InChI=1S/C7H15NO2/c1-6(2,5-9)7(10)3-8-4-7/h8-10H,3-5H2,1-2H3. The Morgan fingerprint density at radius 1 is 1.50 bits per heavy atom. The zero-order valence-corrected chi connectivity index (χ0v) is 6.52. The first kappa shape index (κ1) is 7.98. The van der Waals surface area contributed by atoms with Crippen LogP contribution in [0.4, 0.5) is 0 Å². The molecule has 10 heavy (non-hydrogen) atoms.